The van der Waals surface area contributed by atoms with E-state index < -0.39 is 28.6 Å². The highest BCUT2D eigenvalue weighted by Gasteiger charge is 2.25. The van der Waals surface area contributed by atoms with Gasteiger partial charge in [0.2, 0.25) is 10.0 Å². The minimum Gasteiger partial charge on any atom is -0.480 e. The molecule has 0 radical (unpaired) electrons. The fourth-order valence-electron chi connectivity index (χ4n) is 1.10. The highest BCUT2D eigenvalue weighted by molar-refractivity contribution is 7.89. The van der Waals surface area contributed by atoms with Crippen molar-refractivity contribution in [3.8, 4) is 0 Å². The van der Waals surface area contributed by atoms with Crippen molar-refractivity contribution in [1.29, 1.82) is 0 Å². The van der Waals surface area contributed by atoms with Crippen molar-refractivity contribution in [2.24, 2.45) is 0 Å². The molecule has 1 atom stereocenters. The third-order valence-electron chi connectivity index (χ3n) is 1.92. The van der Waals surface area contributed by atoms with Gasteiger partial charge in [-0.05, 0) is 18.2 Å². The standard InChI is InChI=1S/C9H9Cl2NO5S/c10-5-1-6(11)3-7(2-5)18(16,17)12-8(4-13)9(14)15/h1-3,8,12-13H,4H2,(H,14,15)/t8-/m1/s1. The number of carboxylic acid groups (broad SMARTS) is 1. The molecule has 0 aromatic heterocycles. The van der Waals surface area contributed by atoms with Crippen LogP contribution in [0, 0.1) is 0 Å². The quantitative estimate of drug-likeness (QED) is 0.743. The molecule has 6 nitrogen and oxygen atoms in total. The molecule has 3 N–H and O–H groups in total. The maximum Gasteiger partial charge on any atom is 0.324 e. The van der Waals surface area contributed by atoms with Crippen LogP contribution >= 0.6 is 23.2 Å². The molecule has 0 bridgehead atoms. The number of aliphatic hydroxyl groups excluding tert-OH is 1. The van der Waals surface area contributed by atoms with E-state index in [1.54, 1.807) is 0 Å². The maximum atomic E-state index is 11.8. The molecule has 0 saturated carbocycles. The summed E-state index contributed by atoms with van der Waals surface area (Å²) in [6.45, 7) is -0.872. The molecule has 18 heavy (non-hydrogen) atoms. The van der Waals surface area contributed by atoms with E-state index in [4.69, 9.17) is 33.4 Å². The predicted molar refractivity (Wildman–Crippen MR) is 65.3 cm³/mol. The number of halogens is 2. The van der Waals surface area contributed by atoms with Gasteiger partial charge in [-0.3, -0.25) is 4.79 Å². The zero-order valence-electron chi connectivity index (χ0n) is 8.80. The Labute approximate surface area is 113 Å². The van der Waals surface area contributed by atoms with Gasteiger partial charge in [0, 0.05) is 10.0 Å². The summed E-state index contributed by atoms with van der Waals surface area (Å²) >= 11 is 11.3. The molecule has 1 aromatic carbocycles. The lowest BCUT2D eigenvalue weighted by atomic mass is 10.3. The van der Waals surface area contributed by atoms with Crippen LogP contribution in [0.25, 0.3) is 0 Å². The lowest BCUT2D eigenvalue weighted by molar-refractivity contribution is -0.139. The third kappa shape index (κ3) is 3.82. The molecule has 9 heteroatoms. The number of carboxylic acids is 1. The number of aliphatic hydroxyl groups is 1. The van der Waals surface area contributed by atoms with Gasteiger partial charge in [0.25, 0.3) is 0 Å². The zero-order valence-corrected chi connectivity index (χ0v) is 11.1. The van der Waals surface area contributed by atoms with Crippen molar-refractivity contribution >= 4 is 39.2 Å². The highest BCUT2D eigenvalue weighted by atomic mass is 35.5. The Morgan fingerprint density at radius 2 is 1.78 bits per heavy atom. The van der Waals surface area contributed by atoms with Crippen LogP contribution in [-0.4, -0.2) is 37.2 Å². The van der Waals surface area contributed by atoms with Gasteiger partial charge in [-0.1, -0.05) is 23.2 Å². The number of sulfonamides is 1. The van der Waals surface area contributed by atoms with E-state index in [1.807, 2.05) is 4.72 Å². The number of nitrogens with one attached hydrogen (secondary N) is 1. The van der Waals surface area contributed by atoms with Crippen molar-refractivity contribution in [3.63, 3.8) is 0 Å². The molecule has 0 amide bonds. The molecule has 0 fully saturated rings. The van der Waals surface area contributed by atoms with Gasteiger partial charge < -0.3 is 10.2 Å². The van der Waals surface area contributed by atoms with Crippen LogP contribution < -0.4 is 4.72 Å². The number of aliphatic carboxylic acids is 1. The molecule has 0 aliphatic carbocycles. The average molecular weight is 314 g/mol. The van der Waals surface area contributed by atoms with Gasteiger partial charge >= 0.3 is 5.97 Å². The topological polar surface area (TPSA) is 104 Å². The number of hydrogen-bond donors (Lipinski definition) is 3. The molecular formula is C9H9Cl2NO5S. The van der Waals surface area contributed by atoms with E-state index in [-0.39, 0.29) is 14.9 Å². The normalized spacial score (nSPS) is 13.3. The Morgan fingerprint density at radius 1 is 1.28 bits per heavy atom. The summed E-state index contributed by atoms with van der Waals surface area (Å²) in [5.74, 6) is -1.49. The van der Waals surface area contributed by atoms with Gasteiger partial charge in [0.15, 0.2) is 0 Å². The van der Waals surface area contributed by atoms with Gasteiger partial charge in [-0.15, -0.1) is 0 Å². The molecule has 0 aliphatic heterocycles. The van der Waals surface area contributed by atoms with Gasteiger partial charge in [0.05, 0.1) is 11.5 Å². The second-order valence-electron chi connectivity index (χ2n) is 3.30. The van der Waals surface area contributed by atoms with Crippen LogP contribution in [0.5, 0.6) is 0 Å². The van der Waals surface area contributed by atoms with Crippen molar-refractivity contribution in [3.05, 3.63) is 28.2 Å². The molecule has 100 valence electrons. The SMILES string of the molecule is O=C(O)[C@@H](CO)NS(=O)(=O)c1cc(Cl)cc(Cl)c1. The minimum atomic E-state index is -4.12. The molecule has 1 aromatic rings. The fourth-order valence-corrected chi connectivity index (χ4v) is 3.01. The number of hydrogen-bond acceptors (Lipinski definition) is 4. The minimum absolute atomic E-state index is 0.0961. The van der Waals surface area contributed by atoms with Crippen LogP contribution in [0.3, 0.4) is 0 Å². The lowest BCUT2D eigenvalue weighted by Gasteiger charge is -2.12. The van der Waals surface area contributed by atoms with E-state index in [0.29, 0.717) is 0 Å². The average Bonchev–Trinajstić information content (AvgIpc) is 2.24. The predicted octanol–water partition coefficient (Wildman–Crippen LogP) is 0.717. The first-order chi connectivity index (χ1) is 8.26. The Hall–Kier alpha value is -0.860. The lowest BCUT2D eigenvalue weighted by Crippen LogP contribution is -2.43. The third-order valence-corrected chi connectivity index (χ3v) is 3.81. The number of benzene rings is 1. The molecule has 0 spiro atoms. The van der Waals surface area contributed by atoms with E-state index >= 15 is 0 Å². The Balaban J connectivity index is 3.10. The van der Waals surface area contributed by atoms with E-state index in [0.717, 1.165) is 12.1 Å². The van der Waals surface area contributed by atoms with Gasteiger partial charge in [-0.2, -0.15) is 4.72 Å². The van der Waals surface area contributed by atoms with Crippen LogP contribution in [0.4, 0.5) is 0 Å². The van der Waals surface area contributed by atoms with Crippen LogP contribution in [0.15, 0.2) is 23.1 Å². The number of carbonyl (C=O) groups is 1. The number of rotatable bonds is 5. The largest absolute Gasteiger partial charge is 0.480 e. The summed E-state index contributed by atoms with van der Waals surface area (Å²) in [5, 5.41) is 17.6. The van der Waals surface area contributed by atoms with Crippen molar-refractivity contribution in [2.45, 2.75) is 10.9 Å². The summed E-state index contributed by atoms with van der Waals surface area (Å²) in [6, 6.07) is 1.94. The maximum absolute atomic E-state index is 11.8. The summed E-state index contributed by atoms with van der Waals surface area (Å²) in [7, 11) is -4.12. The summed E-state index contributed by atoms with van der Waals surface area (Å²) in [6.07, 6.45) is 0. The van der Waals surface area contributed by atoms with Crippen LogP contribution in [0.2, 0.25) is 10.0 Å². The monoisotopic (exact) mass is 313 g/mol. The fraction of sp³-hybridized carbons (Fsp3) is 0.222. The highest BCUT2D eigenvalue weighted by Crippen LogP contribution is 2.22. The summed E-state index contributed by atoms with van der Waals surface area (Å²) in [4.78, 5) is 10.4. The molecule has 0 saturated heterocycles. The Morgan fingerprint density at radius 3 is 2.17 bits per heavy atom. The van der Waals surface area contributed by atoms with E-state index in [2.05, 4.69) is 0 Å². The second-order valence-corrected chi connectivity index (χ2v) is 5.89. The Kier molecular flexibility index (Phi) is 4.94. The van der Waals surface area contributed by atoms with Crippen molar-refractivity contribution in [2.75, 3.05) is 6.61 Å². The molecular weight excluding hydrogens is 305 g/mol. The summed E-state index contributed by atoms with van der Waals surface area (Å²) in [5.41, 5.74) is 0. The Bertz CT molecular complexity index is 540. The van der Waals surface area contributed by atoms with Gasteiger partial charge in [0.1, 0.15) is 6.04 Å². The zero-order chi connectivity index (χ0) is 13.9. The smallest absolute Gasteiger partial charge is 0.324 e. The van der Waals surface area contributed by atoms with Crippen molar-refractivity contribution in [1.82, 2.24) is 4.72 Å². The molecule has 0 heterocycles. The molecule has 0 aliphatic rings. The van der Waals surface area contributed by atoms with E-state index in [9.17, 15) is 13.2 Å². The summed E-state index contributed by atoms with van der Waals surface area (Å²) < 4.78 is 25.4. The first kappa shape index (κ1) is 15.2. The second kappa shape index (κ2) is 5.85. The van der Waals surface area contributed by atoms with Crippen LogP contribution in [-0.2, 0) is 14.8 Å². The van der Waals surface area contributed by atoms with E-state index in [1.165, 1.54) is 6.07 Å². The van der Waals surface area contributed by atoms with Gasteiger partial charge in [-0.25, -0.2) is 8.42 Å². The molecule has 0 unspecified atom stereocenters. The molecule has 1 rings (SSSR count). The van der Waals surface area contributed by atoms with Crippen molar-refractivity contribution < 1.29 is 23.4 Å². The first-order valence-electron chi connectivity index (χ1n) is 4.58. The first-order valence-corrected chi connectivity index (χ1v) is 6.82. The van der Waals surface area contributed by atoms with Crippen LogP contribution in [0.1, 0.15) is 0 Å².